The number of aromatic nitrogens is 9. The lowest BCUT2D eigenvalue weighted by Gasteiger charge is -2.01. The number of nitrogens with zero attached hydrogens (tertiary/aromatic N) is 7. The second kappa shape index (κ2) is 7.18. The van der Waals surface area contributed by atoms with Crippen molar-refractivity contribution in [2.45, 2.75) is 5.03 Å². The first kappa shape index (κ1) is 20.0. The van der Waals surface area contributed by atoms with E-state index >= 15 is 0 Å². The summed E-state index contributed by atoms with van der Waals surface area (Å²) in [6.45, 7) is 0. The minimum atomic E-state index is -3.46. The third kappa shape index (κ3) is 3.26. The first-order valence-electron chi connectivity index (χ1n) is 9.96. The number of aromatic hydroxyl groups is 1. The van der Waals surface area contributed by atoms with E-state index in [-0.39, 0.29) is 10.8 Å². The topological polar surface area (TPSA) is 168 Å². The Labute approximate surface area is 191 Å². The normalized spacial score (nSPS) is 12.0. The maximum atomic E-state index is 11.8. The van der Waals surface area contributed by atoms with Crippen LogP contribution >= 0.6 is 0 Å². The molecular weight excluding hydrogens is 458 g/mol. The van der Waals surface area contributed by atoms with Gasteiger partial charge in [0.15, 0.2) is 32.2 Å². The van der Waals surface area contributed by atoms with Crippen LogP contribution in [0, 0.1) is 0 Å². The van der Waals surface area contributed by atoms with Crippen LogP contribution in [0.15, 0.2) is 60.4 Å². The van der Waals surface area contributed by atoms with E-state index in [9.17, 15) is 13.5 Å². The molecule has 3 N–H and O–H groups in total. The van der Waals surface area contributed by atoms with Gasteiger partial charge in [0, 0.05) is 30.4 Å². The number of hydrogen-bond donors (Lipinski definition) is 3. The van der Waals surface area contributed by atoms with Crippen LogP contribution in [0.5, 0.6) is 5.75 Å². The molecule has 0 amide bonds. The first-order chi connectivity index (χ1) is 16.4. The summed E-state index contributed by atoms with van der Waals surface area (Å²) in [6, 6.07) is 6.98. The zero-order valence-electron chi connectivity index (χ0n) is 17.5. The molecule has 34 heavy (non-hydrogen) atoms. The quantitative estimate of drug-likeness (QED) is 0.348. The van der Waals surface area contributed by atoms with E-state index in [0.29, 0.717) is 50.7 Å². The molecule has 0 aliphatic heterocycles. The van der Waals surface area contributed by atoms with E-state index in [2.05, 4.69) is 35.1 Å². The van der Waals surface area contributed by atoms with Gasteiger partial charge in [-0.1, -0.05) is 0 Å². The van der Waals surface area contributed by atoms with Crippen LogP contribution in [-0.4, -0.2) is 64.4 Å². The summed E-state index contributed by atoms with van der Waals surface area (Å²) in [4.78, 5) is 24.9. The number of pyridine rings is 3. The van der Waals surface area contributed by atoms with Gasteiger partial charge in [-0.05, 0) is 24.3 Å². The number of rotatable bonds is 4. The van der Waals surface area contributed by atoms with E-state index in [1.165, 1.54) is 23.3 Å². The minimum absolute atomic E-state index is 0.0441. The van der Waals surface area contributed by atoms with Crippen molar-refractivity contribution in [3.05, 3.63) is 55.4 Å². The highest BCUT2D eigenvalue weighted by molar-refractivity contribution is 7.90. The van der Waals surface area contributed by atoms with Crippen molar-refractivity contribution in [1.29, 1.82) is 0 Å². The van der Waals surface area contributed by atoms with Crippen LogP contribution < -0.4 is 0 Å². The molecule has 0 fully saturated rings. The third-order valence-corrected chi connectivity index (χ3v) is 6.19. The number of sulfone groups is 1. The fourth-order valence-corrected chi connectivity index (χ4v) is 4.17. The lowest BCUT2D eigenvalue weighted by Crippen LogP contribution is -1.98. The van der Waals surface area contributed by atoms with Crippen LogP contribution in [0.25, 0.3) is 50.7 Å². The maximum absolute atomic E-state index is 11.8. The molecule has 0 bridgehead atoms. The van der Waals surface area contributed by atoms with Crippen LogP contribution in [0.2, 0.25) is 0 Å². The van der Waals surface area contributed by atoms with Gasteiger partial charge in [0.1, 0.15) is 23.1 Å². The zero-order chi connectivity index (χ0) is 23.4. The molecular formula is C21H15N9O3S. The van der Waals surface area contributed by atoms with E-state index in [1.54, 1.807) is 30.6 Å². The van der Waals surface area contributed by atoms with Crippen LogP contribution in [-0.2, 0) is 9.84 Å². The predicted octanol–water partition coefficient (Wildman–Crippen LogP) is 2.25. The van der Waals surface area contributed by atoms with Gasteiger partial charge >= 0.3 is 0 Å². The molecule has 6 aromatic rings. The Kier molecular flexibility index (Phi) is 4.22. The standard InChI is InChI=1S/C21H15N9O3S/c1-34(32,33)16-9-30(10-24-16)21-18-14(4-5-23-21)26-20(27-18)19-17-15(28-29-19)3-2-13(25-17)11-6-12(31)8-22-7-11/h2-10,31H,1H3,(H,26,27)(H,28,29). The third-order valence-electron chi connectivity index (χ3n) is 5.22. The molecule has 6 rings (SSSR count). The van der Waals surface area contributed by atoms with Crippen molar-refractivity contribution in [2.24, 2.45) is 0 Å². The van der Waals surface area contributed by atoms with Crippen molar-refractivity contribution in [3.8, 4) is 34.3 Å². The minimum Gasteiger partial charge on any atom is -0.506 e. The summed E-state index contributed by atoms with van der Waals surface area (Å²) < 4.78 is 25.1. The van der Waals surface area contributed by atoms with Crippen LogP contribution in [0.4, 0.5) is 0 Å². The molecule has 6 aromatic heterocycles. The van der Waals surface area contributed by atoms with Crippen LogP contribution in [0.1, 0.15) is 0 Å². The Hall–Kier alpha value is -4.65. The highest BCUT2D eigenvalue weighted by Gasteiger charge is 2.19. The Bertz CT molecular complexity index is 1820. The largest absolute Gasteiger partial charge is 0.506 e. The lowest BCUT2D eigenvalue weighted by molar-refractivity contribution is 0.473. The molecule has 0 saturated heterocycles. The smallest absolute Gasteiger partial charge is 0.194 e. The average Bonchev–Trinajstić information content (AvgIpc) is 3.55. The fourth-order valence-electron chi connectivity index (χ4n) is 3.63. The summed E-state index contributed by atoms with van der Waals surface area (Å²) in [7, 11) is -3.46. The molecule has 0 unspecified atom stereocenters. The maximum Gasteiger partial charge on any atom is 0.194 e. The molecule has 12 nitrogen and oxygen atoms in total. The fraction of sp³-hybridized carbons (Fsp3) is 0.0476. The first-order valence-corrected chi connectivity index (χ1v) is 11.8. The SMILES string of the molecule is CS(=O)(=O)c1cn(-c2nccc3[nH]c(-c4n[nH]c5ccc(-c6cncc(O)c6)nc45)nc23)cn1. The summed E-state index contributed by atoms with van der Waals surface area (Å²) >= 11 is 0. The number of aromatic amines is 2. The molecule has 0 radical (unpaired) electrons. The second-order valence-electron chi connectivity index (χ2n) is 7.60. The zero-order valence-corrected chi connectivity index (χ0v) is 18.3. The summed E-state index contributed by atoms with van der Waals surface area (Å²) in [5.74, 6) is 0.919. The van der Waals surface area contributed by atoms with Gasteiger partial charge in [-0.3, -0.25) is 14.6 Å². The number of H-pyrrole nitrogens is 2. The van der Waals surface area contributed by atoms with E-state index < -0.39 is 9.84 Å². The van der Waals surface area contributed by atoms with Crippen molar-refractivity contribution < 1.29 is 13.5 Å². The van der Waals surface area contributed by atoms with Crippen LogP contribution in [0.3, 0.4) is 0 Å². The molecule has 0 aliphatic rings. The predicted molar refractivity (Wildman–Crippen MR) is 122 cm³/mol. The van der Waals surface area contributed by atoms with Crippen molar-refractivity contribution in [1.82, 2.24) is 44.7 Å². The summed E-state index contributed by atoms with van der Waals surface area (Å²) in [6.07, 6.45) is 8.43. The van der Waals surface area contributed by atoms with Crippen molar-refractivity contribution in [3.63, 3.8) is 0 Å². The molecule has 0 spiro atoms. The van der Waals surface area contributed by atoms with Gasteiger partial charge in [0.2, 0.25) is 0 Å². The number of nitrogens with one attached hydrogen (secondary N) is 2. The van der Waals surface area contributed by atoms with Crippen molar-refractivity contribution in [2.75, 3.05) is 6.26 Å². The number of imidazole rings is 2. The average molecular weight is 473 g/mol. The van der Waals surface area contributed by atoms with Crippen molar-refractivity contribution >= 4 is 31.9 Å². The Balaban J connectivity index is 1.48. The van der Waals surface area contributed by atoms with Gasteiger partial charge < -0.3 is 10.1 Å². The Morgan fingerprint density at radius 1 is 1.03 bits per heavy atom. The lowest BCUT2D eigenvalue weighted by atomic mass is 10.1. The molecule has 0 aromatic carbocycles. The van der Waals surface area contributed by atoms with Gasteiger partial charge in [-0.15, -0.1) is 0 Å². The summed E-state index contributed by atoms with van der Waals surface area (Å²) in [5, 5.41) is 17.0. The Morgan fingerprint density at radius 3 is 2.71 bits per heavy atom. The highest BCUT2D eigenvalue weighted by Crippen LogP contribution is 2.29. The Morgan fingerprint density at radius 2 is 1.91 bits per heavy atom. The van der Waals surface area contributed by atoms with Gasteiger partial charge in [0.05, 0.1) is 22.9 Å². The molecule has 13 heteroatoms. The molecule has 168 valence electrons. The second-order valence-corrected chi connectivity index (χ2v) is 9.57. The summed E-state index contributed by atoms with van der Waals surface area (Å²) in [5.41, 5.74) is 4.25. The highest BCUT2D eigenvalue weighted by atomic mass is 32.2. The molecule has 6 heterocycles. The van der Waals surface area contributed by atoms with E-state index in [1.807, 2.05) is 6.07 Å². The molecule has 0 saturated carbocycles. The van der Waals surface area contributed by atoms with Gasteiger partial charge in [-0.2, -0.15) is 5.10 Å². The van der Waals surface area contributed by atoms with Gasteiger partial charge in [0.25, 0.3) is 0 Å². The molecule has 0 atom stereocenters. The molecule has 0 aliphatic carbocycles. The number of hydrogen-bond acceptors (Lipinski definition) is 9. The van der Waals surface area contributed by atoms with Gasteiger partial charge in [-0.25, -0.2) is 28.4 Å². The van der Waals surface area contributed by atoms with E-state index in [4.69, 9.17) is 4.98 Å². The van der Waals surface area contributed by atoms with E-state index in [0.717, 1.165) is 6.26 Å². The monoisotopic (exact) mass is 473 g/mol. The number of fused-ring (bicyclic) bond motifs is 2.